The average Bonchev–Trinajstić information content (AvgIpc) is 2.25. The maximum atomic E-state index is 9.77. The molecule has 0 saturated carbocycles. The topological polar surface area (TPSA) is 41.5 Å². The van der Waals surface area contributed by atoms with Crippen LogP contribution in [-0.4, -0.2) is 18.8 Å². The normalized spacial score (nSPS) is 12.5. The highest BCUT2D eigenvalue weighted by molar-refractivity contribution is 5.45. The summed E-state index contributed by atoms with van der Waals surface area (Å²) in [6, 6.07) is 5.42. The smallest absolute Gasteiger partial charge is 0.127 e. The average molecular weight is 209 g/mol. The molecule has 84 valence electrons. The maximum Gasteiger partial charge on any atom is 0.127 e. The van der Waals surface area contributed by atoms with Crippen molar-refractivity contribution in [3.8, 4) is 11.5 Å². The van der Waals surface area contributed by atoms with Gasteiger partial charge in [-0.3, -0.25) is 0 Å². The second-order valence-corrected chi connectivity index (χ2v) is 3.57. The van der Waals surface area contributed by atoms with Gasteiger partial charge in [0.2, 0.25) is 0 Å². The van der Waals surface area contributed by atoms with Gasteiger partial charge in [0.1, 0.15) is 11.5 Å². The first kappa shape index (κ1) is 11.9. The van der Waals surface area contributed by atoms with Crippen molar-refractivity contribution in [1.29, 1.82) is 0 Å². The molecule has 1 rings (SSSR count). The lowest BCUT2D eigenvalue weighted by Crippen LogP contribution is -2.19. The van der Waals surface area contributed by atoms with Crippen LogP contribution in [0.2, 0.25) is 0 Å². The van der Waals surface area contributed by atoms with Crippen LogP contribution in [-0.2, 0) is 0 Å². The zero-order chi connectivity index (χ0) is 11.3. The molecule has 0 spiro atoms. The van der Waals surface area contributed by atoms with Crippen LogP contribution in [0.15, 0.2) is 18.2 Å². The molecule has 0 bridgehead atoms. The summed E-state index contributed by atoms with van der Waals surface area (Å²) in [5, 5.41) is 13.1. The van der Waals surface area contributed by atoms with Gasteiger partial charge in [-0.25, -0.2) is 0 Å². The van der Waals surface area contributed by atoms with E-state index in [2.05, 4.69) is 12.2 Å². The van der Waals surface area contributed by atoms with E-state index in [1.165, 1.54) is 0 Å². The number of aromatic hydroxyl groups is 1. The Balaban J connectivity index is 2.90. The molecule has 0 aliphatic heterocycles. The van der Waals surface area contributed by atoms with Crippen LogP contribution in [0, 0.1) is 0 Å². The molecule has 0 aliphatic rings. The number of rotatable bonds is 5. The molecule has 1 aromatic rings. The SMILES string of the molecule is CCCNC(C)c1c(O)cccc1OC. The van der Waals surface area contributed by atoms with Gasteiger partial charge in [-0.2, -0.15) is 0 Å². The number of ether oxygens (including phenoxy) is 1. The van der Waals surface area contributed by atoms with Gasteiger partial charge < -0.3 is 15.2 Å². The molecule has 0 heterocycles. The summed E-state index contributed by atoms with van der Waals surface area (Å²) >= 11 is 0. The van der Waals surface area contributed by atoms with Crippen LogP contribution < -0.4 is 10.1 Å². The van der Waals surface area contributed by atoms with Crippen molar-refractivity contribution in [1.82, 2.24) is 5.32 Å². The minimum atomic E-state index is 0.0982. The maximum absolute atomic E-state index is 9.77. The molecule has 0 aromatic heterocycles. The van der Waals surface area contributed by atoms with Gasteiger partial charge in [0.05, 0.1) is 12.7 Å². The van der Waals surface area contributed by atoms with Gasteiger partial charge >= 0.3 is 0 Å². The van der Waals surface area contributed by atoms with Gasteiger partial charge in [-0.05, 0) is 32.0 Å². The number of hydrogen-bond acceptors (Lipinski definition) is 3. The van der Waals surface area contributed by atoms with Crippen LogP contribution in [0.1, 0.15) is 31.9 Å². The summed E-state index contributed by atoms with van der Waals surface area (Å²) in [7, 11) is 1.62. The number of benzene rings is 1. The monoisotopic (exact) mass is 209 g/mol. The number of phenolic OH excluding ortho intramolecular Hbond substituents is 1. The standard InChI is InChI=1S/C12H19NO2/c1-4-8-13-9(2)12-10(14)6-5-7-11(12)15-3/h5-7,9,13-14H,4,8H2,1-3H3. The third kappa shape index (κ3) is 2.86. The van der Waals surface area contributed by atoms with Crippen LogP contribution in [0.3, 0.4) is 0 Å². The zero-order valence-electron chi connectivity index (χ0n) is 9.58. The van der Waals surface area contributed by atoms with E-state index in [-0.39, 0.29) is 11.8 Å². The Bertz CT molecular complexity index is 312. The highest BCUT2D eigenvalue weighted by Crippen LogP contribution is 2.32. The van der Waals surface area contributed by atoms with Crippen molar-refractivity contribution in [2.75, 3.05) is 13.7 Å². The van der Waals surface area contributed by atoms with Crippen LogP contribution >= 0.6 is 0 Å². The van der Waals surface area contributed by atoms with Gasteiger partial charge in [0.15, 0.2) is 0 Å². The first-order valence-corrected chi connectivity index (χ1v) is 5.30. The first-order chi connectivity index (χ1) is 7.20. The highest BCUT2D eigenvalue weighted by Gasteiger charge is 2.14. The molecule has 15 heavy (non-hydrogen) atoms. The van der Waals surface area contributed by atoms with Crippen molar-refractivity contribution in [2.45, 2.75) is 26.3 Å². The third-order valence-corrected chi connectivity index (χ3v) is 2.40. The molecule has 0 amide bonds. The molecular weight excluding hydrogens is 190 g/mol. The molecule has 1 atom stereocenters. The van der Waals surface area contributed by atoms with Crippen molar-refractivity contribution >= 4 is 0 Å². The lowest BCUT2D eigenvalue weighted by atomic mass is 10.1. The molecule has 0 aliphatic carbocycles. The molecule has 1 unspecified atom stereocenters. The Morgan fingerprint density at radius 3 is 2.80 bits per heavy atom. The van der Waals surface area contributed by atoms with E-state index in [1.807, 2.05) is 13.0 Å². The van der Waals surface area contributed by atoms with Crippen molar-refractivity contribution in [2.24, 2.45) is 0 Å². The van der Waals surface area contributed by atoms with Crippen LogP contribution in [0.5, 0.6) is 11.5 Å². The lowest BCUT2D eigenvalue weighted by Gasteiger charge is -2.18. The van der Waals surface area contributed by atoms with E-state index >= 15 is 0 Å². The van der Waals surface area contributed by atoms with Gasteiger partial charge in [0.25, 0.3) is 0 Å². The van der Waals surface area contributed by atoms with Crippen LogP contribution in [0.25, 0.3) is 0 Å². The van der Waals surface area contributed by atoms with E-state index in [9.17, 15) is 5.11 Å². The van der Waals surface area contributed by atoms with Gasteiger partial charge in [-0.15, -0.1) is 0 Å². The third-order valence-electron chi connectivity index (χ3n) is 2.40. The fraction of sp³-hybridized carbons (Fsp3) is 0.500. The molecule has 0 fully saturated rings. The number of methoxy groups -OCH3 is 1. The van der Waals surface area contributed by atoms with Crippen molar-refractivity contribution in [3.05, 3.63) is 23.8 Å². The van der Waals surface area contributed by atoms with Gasteiger partial charge in [-0.1, -0.05) is 13.0 Å². The van der Waals surface area contributed by atoms with E-state index in [4.69, 9.17) is 4.74 Å². The van der Waals surface area contributed by atoms with E-state index in [1.54, 1.807) is 19.2 Å². The summed E-state index contributed by atoms with van der Waals surface area (Å²) in [6.45, 7) is 5.06. The molecule has 2 N–H and O–H groups in total. The molecule has 3 nitrogen and oxygen atoms in total. The number of nitrogens with one attached hydrogen (secondary N) is 1. The summed E-state index contributed by atoms with van der Waals surface area (Å²) in [5.41, 5.74) is 0.827. The minimum absolute atomic E-state index is 0.0982. The molecular formula is C12H19NO2. The fourth-order valence-electron chi connectivity index (χ4n) is 1.61. The summed E-state index contributed by atoms with van der Waals surface area (Å²) in [4.78, 5) is 0. The minimum Gasteiger partial charge on any atom is -0.507 e. The van der Waals surface area contributed by atoms with E-state index in [0.29, 0.717) is 0 Å². The molecule has 1 aromatic carbocycles. The van der Waals surface area contributed by atoms with Crippen LogP contribution in [0.4, 0.5) is 0 Å². The Kier molecular flexibility index (Phi) is 4.43. The quantitative estimate of drug-likeness (QED) is 0.782. The second-order valence-electron chi connectivity index (χ2n) is 3.57. The number of phenols is 1. The summed E-state index contributed by atoms with van der Waals surface area (Å²) in [5.74, 6) is 1.01. The molecule has 3 heteroatoms. The Hall–Kier alpha value is -1.22. The predicted molar refractivity (Wildman–Crippen MR) is 61.4 cm³/mol. The van der Waals surface area contributed by atoms with Crippen molar-refractivity contribution < 1.29 is 9.84 Å². The molecule has 0 radical (unpaired) electrons. The zero-order valence-corrected chi connectivity index (χ0v) is 9.58. The molecule has 0 saturated heterocycles. The predicted octanol–water partition coefficient (Wildman–Crippen LogP) is 2.46. The summed E-state index contributed by atoms with van der Waals surface area (Å²) in [6.07, 6.45) is 1.07. The van der Waals surface area contributed by atoms with E-state index in [0.717, 1.165) is 24.3 Å². The largest absolute Gasteiger partial charge is 0.507 e. The summed E-state index contributed by atoms with van der Waals surface area (Å²) < 4.78 is 5.23. The highest BCUT2D eigenvalue weighted by atomic mass is 16.5. The second kappa shape index (κ2) is 5.61. The Morgan fingerprint density at radius 1 is 1.47 bits per heavy atom. The Morgan fingerprint density at radius 2 is 2.20 bits per heavy atom. The fourth-order valence-corrected chi connectivity index (χ4v) is 1.61. The van der Waals surface area contributed by atoms with Gasteiger partial charge in [0, 0.05) is 6.04 Å². The lowest BCUT2D eigenvalue weighted by molar-refractivity contribution is 0.388. The Labute approximate surface area is 91.1 Å². The number of hydrogen-bond donors (Lipinski definition) is 2. The van der Waals surface area contributed by atoms with Crippen molar-refractivity contribution in [3.63, 3.8) is 0 Å². The first-order valence-electron chi connectivity index (χ1n) is 5.30. The van der Waals surface area contributed by atoms with E-state index < -0.39 is 0 Å².